The smallest absolute Gasteiger partial charge is 0.456 e. The first kappa shape index (κ1) is 66.2. The number of nitrogens with one attached hydrogen (secondary N) is 1. The standard InChI is InChI=1S/C59H105N2O7P/c1-7-10-13-16-19-22-25-26-27-28-29-30-31-32-33-34-37-39-42-45-48-51-58(62)60-56(55-67-69(64,65)66-54-53-61(4,5)6)57(50-47-44-41-38-35-23-20-17-14-11-8-2)68-59(63)52-49-46-43-40-36-24-21-18-15-12-9-3/h10,13,19,22,26-27,29-30,32-33,37,39,47,50,56-57H,7-9,11-12,14-18,20-21,23-25,28,31,34-36,38,40-46,48-49,51-55H2,1-6H3,(H-,60,62,64,65)/p+1/b13-10-,22-19-,27-26-,30-29-,33-32-,39-37-,50-47-. The highest BCUT2D eigenvalue weighted by atomic mass is 31.2. The van der Waals surface area contributed by atoms with E-state index in [2.05, 4.69) is 99.0 Å². The fourth-order valence-electron chi connectivity index (χ4n) is 7.53. The number of phosphoric ester groups is 1. The maximum atomic E-state index is 13.5. The van der Waals surface area contributed by atoms with E-state index in [1.807, 2.05) is 33.3 Å². The van der Waals surface area contributed by atoms with Crippen LogP contribution in [-0.2, 0) is 27.9 Å². The molecule has 0 aliphatic carbocycles. The number of quaternary nitrogens is 1. The zero-order chi connectivity index (χ0) is 50.8. The first-order valence-corrected chi connectivity index (χ1v) is 29.4. The Morgan fingerprint density at radius 3 is 1.41 bits per heavy atom. The maximum absolute atomic E-state index is 13.5. The number of nitrogens with zero attached hydrogens (tertiary/aromatic N) is 1. The van der Waals surface area contributed by atoms with E-state index in [4.69, 9.17) is 13.8 Å². The number of amides is 1. The van der Waals surface area contributed by atoms with Crippen LogP contribution in [0.2, 0.25) is 0 Å². The summed E-state index contributed by atoms with van der Waals surface area (Å²) >= 11 is 0. The summed E-state index contributed by atoms with van der Waals surface area (Å²) in [6.07, 6.45) is 63.0. The summed E-state index contributed by atoms with van der Waals surface area (Å²) in [6.45, 7) is 6.83. The molecule has 398 valence electrons. The Morgan fingerprint density at radius 1 is 0.522 bits per heavy atom. The number of hydrogen-bond acceptors (Lipinski definition) is 6. The van der Waals surface area contributed by atoms with Crippen molar-refractivity contribution in [2.45, 2.75) is 238 Å². The number of hydrogen-bond donors (Lipinski definition) is 2. The van der Waals surface area contributed by atoms with Crippen LogP contribution in [0.15, 0.2) is 85.1 Å². The molecule has 0 aromatic carbocycles. The van der Waals surface area contributed by atoms with Crippen molar-refractivity contribution in [2.24, 2.45) is 0 Å². The summed E-state index contributed by atoms with van der Waals surface area (Å²) in [5, 5.41) is 3.01. The van der Waals surface area contributed by atoms with Gasteiger partial charge >= 0.3 is 13.8 Å². The lowest BCUT2D eigenvalue weighted by Crippen LogP contribution is -2.47. The van der Waals surface area contributed by atoms with Crippen LogP contribution in [-0.4, -0.2) is 74.3 Å². The van der Waals surface area contributed by atoms with Gasteiger partial charge in [0.15, 0.2) is 0 Å². The minimum absolute atomic E-state index is 0.0289. The number of allylic oxidation sites excluding steroid dienone is 13. The number of likely N-dealkylation sites (N-methyl/N-ethyl adjacent to an activating group) is 1. The third kappa shape index (κ3) is 49.9. The molecule has 3 atom stereocenters. The van der Waals surface area contributed by atoms with Gasteiger partial charge in [0.1, 0.15) is 19.3 Å². The summed E-state index contributed by atoms with van der Waals surface area (Å²) in [5.74, 6) is -0.561. The maximum Gasteiger partial charge on any atom is 0.472 e. The number of carbonyl (C=O) groups is 2. The van der Waals surface area contributed by atoms with Crippen LogP contribution >= 0.6 is 7.82 Å². The zero-order valence-electron chi connectivity index (χ0n) is 45.3. The summed E-state index contributed by atoms with van der Waals surface area (Å²) < 4.78 is 30.5. The molecule has 10 heteroatoms. The molecule has 2 N–H and O–H groups in total. The number of esters is 1. The van der Waals surface area contributed by atoms with Gasteiger partial charge in [0, 0.05) is 12.8 Å². The first-order chi connectivity index (χ1) is 33.4. The summed E-state index contributed by atoms with van der Waals surface area (Å²) in [4.78, 5) is 37.5. The van der Waals surface area contributed by atoms with Crippen molar-refractivity contribution in [3.63, 3.8) is 0 Å². The van der Waals surface area contributed by atoms with E-state index < -0.39 is 20.0 Å². The minimum atomic E-state index is -4.45. The molecule has 0 fully saturated rings. The van der Waals surface area contributed by atoms with E-state index in [1.165, 1.54) is 96.3 Å². The second kappa shape index (κ2) is 48.8. The van der Waals surface area contributed by atoms with E-state index in [0.29, 0.717) is 17.4 Å². The lowest BCUT2D eigenvalue weighted by molar-refractivity contribution is -0.870. The molecule has 0 aliphatic rings. The van der Waals surface area contributed by atoms with Gasteiger partial charge in [0.2, 0.25) is 5.91 Å². The molecule has 69 heavy (non-hydrogen) atoms. The zero-order valence-corrected chi connectivity index (χ0v) is 46.2. The molecular weight excluding hydrogens is 880 g/mol. The molecule has 1 amide bonds. The van der Waals surface area contributed by atoms with Crippen molar-refractivity contribution in [3.05, 3.63) is 85.1 Å². The predicted molar refractivity (Wildman–Crippen MR) is 295 cm³/mol. The van der Waals surface area contributed by atoms with E-state index >= 15 is 0 Å². The van der Waals surface area contributed by atoms with E-state index in [-0.39, 0.29) is 37.9 Å². The predicted octanol–water partition coefficient (Wildman–Crippen LogP) is 16.7. The second-order valence-electron chi connectivity index (χ2n) is 19.7. The lowest BCUT2D eigenvalue weighted by atomic mass is 10.0. The van der Waals surface area contributed by atoms with Gasteiger partial charge in [0.05, 0.1) is 33.8 Å². The van der Waals surface area contributed by atoms with Crippen LogP contribution in [0.3, 0.4) is 0 Å². The van der Waals surface area contributed by atoms with Gasteiger partial charge < -0.3 is 19.4 Å². The van der Waals surface area contributed by atoms with Crippen LogP contribution in [0.4, 0.5) is 0 Å². The Kier molecular flexibility index (Phi) is 46.8. The van der Waals surface area contributed by atoms with Gasteiger partial charge in [-0.15, -0.1) is 0 Å². The minimum Gasteiger partial charge on any atom is -0.456 e. The monoisotopic (exact) mass is 986 g/mol. The average molecular weight is 986 g/mol. The van der Waals surface area contributed by atoms with Crippen LogP contribution in [0.1, 0.15) is 226 Å². The fraction of sp³-hybridized carbons (Fsp3) is 0.729. The second-order valence-corrected chi connectivity index (χ2v) is 21.2. The Hall–Kier alpha value is -2.81. The van der Waals surface area contributed by atoms with Crippen LogP contribution in [0, 0.1) is 0 Å². The lowest BCUT2D eigenvalue weighted by Gasteiger charge is -2.27. The molecule has 0 bridgehead atoms. The molecular formula is C59H106N2O7P+. The van der Waals surface area contributed by atoms with Crippen molar-refractivity contribution >= 4 is 19.7 Å². The first-order valence-electron chi connectivity index (χ1n) is 27.9. The van der Waals surface area contributed by atoms with Gasteiger partial charge in [-0.05, 0) is 83.1 Å². The van der Waals surface area contributed by atoms with Crippen LogP contribution in [0.25, 0.3) is 0 Å². The van der Waals surface area contributed by atoms with Gasteiger partial charge in [-0.1, -0.05) is 215 Å². The van der Waals surface area contributed by atoms with Crippen molar-refractivity contribution in [1.29, 1.82) is 0 Å². The van der Waals surface area contributed by atoms with Crippen molar-refractivity contribution < 1.29 is 37.3 Å². The van der Waals surface area contributed by atoms with E-state index in [0.717, 1.165) is 89.9 Å². The molecule has 0 aromatic heterocycles. The molecule has 0 saturated heterocycles. The Morgan fingerprint density at radius 2 is 0.928 bits per heavy atom. The van der Waals surface area contributed by atoms with Crippen LogP contribution < -0.4 is 5.32 Å². The Balaban J connectivity index is 5.37. The molecule has 0 aliphatic heterocycles. The summed E-state index contributed by atoms with van der Waals surface area (Å²) in [5.41, 5.74) is 0. The number of rotatable bonds is 49. The third-order valence-corrected chi connectivity index (χ3v) is 12.8. The summed E-state index contributed by atoms with van der Waals surface area (Å²) in [7, 11) is 1.46. The van der Waals surface area contributed by atoms with E-state index in [9.17, 15) is 19.0 Å². The summed E-state index contributed by atoms with van der Waals surface area (Å²) in [6, 6.07) is -0.871. The molecule has 0 rings (SSSR count). The number of phosphoric acid groups is 1. The van der Waals surface area contributed by atoms with Crippen LogP contribution in [0.5, 0.6) is 0 Å². The highest BCUT2D eigenvalue weighted by Crippen LogP contribution is 2.43. The number of unbranched alkanes of at least 4 members (excludes halogenated alkanes) is 21. The van der Waals surface area contributed by atoms with Gasteiger partial charge in [0.25, 0.3) is 0 Å². The largest absolute Gasteiger partial charge is 0.472 e. The molecule has 9 nitrogen and oxygen atoms in total. The highest BCUT2D eigenvalue weighted by molar-refractivity contribution is 7.47. The molecule has 0 heterocycles. The molecule has 0 radical (unpaired) electrons. The van der Waals surface area contributed by atoms with E-state index in [1.54, 1.807) is 0 Å². The average Bonchev–Trinajstić information content (AvgIpc) is 3.31. The Labute approximate surface area is 425 Å². The number of ether oxygens (including phenoxy) is 1. The highest BCUT2D eigenvalue weighted by Gasteiger charge is 2.30. The molecule has 0 spiro atoms. The Bertz CT molecular complexity index is 1460. The topological polar surface area (TPSA) is 111 Å². The molecule has 0 aromatic rings. The van der Waals surface area contributed by atoms with Gasteiger partial charge in [-0.25, -0.2) is 4.57 Å². The van der Waals surface area contributed by atoms with Gasteiger partial charge in [-0.3, -0.25) is 18.6 Å². The number of carbonyl (C=O) groups excluding carboxylic acids is 2. The quantitative estimate of drug-likeness (QED) is 0.0205. The van der Waals surface area contributed by atoms with Crippen molar-refractivity contribution in [2.75, 3.05) is 40.9 Å². The molecule has 0 saturated carbocycles. The van der Waals surface area contributed by atoms with Crippen molar-refractivity contribution in [1.82, 2.24) is 5.32 Å². The van der Waals surface area contributed by atoms with Crippen molar-refractivity contribution in [3.8, 4) is 0 Å². The fourth-order valence-corrected chi connectivity index (χ4v) is 8.27. The molecule has 3 unspecified atom stereocenters. The third-order valence-electron chi connectivity index (χ3n) is 11.8. The normalized spacial score (nSPS) is 14.5. The van der Waals surface area contributed by atoms with Gasteiger partial charge in [-0.2, -0.15) is 0 Å². The SMILES string of the molecule is CC/C=C\C/C=C\C/C=C\C/C=C\C/C=C\C/C=C\CCCCC(=O)NC(COP(=O)(O)OCC[N+](C)(C)C)C(/C=C\CCCCCCCCCCC)OC(=O)CCCCCCCCCCCCC.